The van der Waals surface area contributed by atoms with E-state index in [0.717, 1.165) is 0 Å². The zero-order valence-corrected chi connectivity index (χ0v) is 5.85. The molecule has 0 amide bonds. The van der Waals surface area contributed by atoms with Gasteiger partial charge in [-0.25, -0.2) is 39.2 Å². The van der Waals surface area contributed by atoms with E-state index in [1.165, 1.54) is 12.2 Å². The predicted molar refractivity (Wildman–Crippen MR) is 31.1 cm³/mol. The van der Waals surface area contributed by atoms with E-state index in [9.17, 15) is 0 Å². The third-order valence-electron chi connectivity index (χ3n) is 0. The first-order valence-electron chi connectivity index (χ1n) is 1.63. The molecule has 0 heterocycles. The van der Waals surface area contributed by atoms with Crippen molar-refractivity contribution in [1.29, 1.82) is 0 Å². The summed E-state index contributed by atoms with van der Waals surface area (Å²) < 4.78 is 0. The molecule has 0 aliphatic heterocycles. The summed E-state index contributed by atoms with van der Waals surface area (Å²) in [7, 11) is 0. The fourth-order valence-corrected chi connectivity index (χ4v) is 0. The average Bonchev–Trinajstić information content (AvgIpc) is 1.39. The molecule has 0 aliphatic rings. The van der Waals surface area contributed by atoms with Crippen LogP contribution in [0.2, 0.25) is 0 Å². The topological polar surface area (TPSA) is 0 Å². The predicted octanol–water partition coefficient (Wildman–Crippen LogP) is 2.01. The Morgan fingerprint density at radius 3 is 1.00 bits per heavy atom. The van der Waals surface area contributed by atoms with Gasteiger partial charge < -0.3 is 0 Å². The van der Waals surface area contributed by atoms with Gasteiger partial charge in [0.15, 0.2) is 0 Å². The third-order valence-corrected chi connectivity index (χ3v) is 0. The van der Waals surface area contributed by atoms with E-state index in [-0.39, 0.29) is 20.4 Å². The van der Waals surface area contributed by atoms with Crippen LogP contribution in [0.5, 0.6) is 0 Å². The molecule has 0 atom stereocenters. The molecule has 0 aromatic rings. The molecule has 1 heteroatoms. The first-order chi connectivity index (χ1) is 2.83. The van der Waals surface area contributed by atoms with Crippen molar-refractivity contribution in [1.82, 2.24) is 0 Å². The molecular formula is C6H10Pd. The van der Waals surface area contributed by atoms with Gasteiger partial charge in [-0.05, 0) is 0 Å². The van der Waals surface area contributed by atoms with Crippen LogP contribution in [0, 0.1) is 13.8 Å². The largest absolute Gasteiger partial charge is 2.00 e. The van der Waals surface area contributed by atoms with Crippen molar-refractivity contribution in [3.8, 4) is 0 Å². The summed E-state index contributed by atoms with van der Waals surface area (Å²) in [4.78, 5) is 0. The SMILES string of the molecule is C=C[CH2-].C=C[CH2-].[Pd+2]. The maximum absolute atomic E-state index is 3.25. The molecule has 0 radical (unpaired) electrons. The zero-order chi connectivity index (χ0) is 5.41. The number of hydrogen-bond donors (Lipinski definition) is 0. The van der Waals surface area contributed by atoms with Crippen LogP contribution in [0.4, 0.5) is 0 Å². The Bertz CT molecular complexity index is 25.2. The second-order valence-corrected chi connectivity index (χ2v) is 0.577. The smallest absolute Gasteiger partial charge is 0.245 e. The van der Waals surface area contributed by atoms with E-state index in [1.54, 1.807) is 0 Å². The normalized spacial score (nSPS) is 3.43. The number of allylic oxidation sites excluding steroid dienone is 2. The van der Waals surface area contributed by atoms with E-state index in [0.29, 0.717) is 0 Å². The Balaban J connectivity index is -0.0000000400. The Morgan fingerprint density at radius 2 is 1.00 bits per heavy atom. The molecule has 0 aromatic heterocycles. The van der Waals surface area contributed by atoms with Gasteiger partial charge in [0.25, 0.3) is 0 Å². The Morgan fingerprint density at radius 1 is 1.00 bits per heavy atom. The van der Waals surface area contributed by atoms with Crippen LogP contribution in [0.3, 0.4) is 0 Å². The van der Waals surface area contributed by atoms with Crippen LogP contribution < -0.4 is 0 Å². The Kier molecular flexibility index (Phi) is 89.3. The molecule has 0 unspecified atom stereocenters. The van der Waals surface area contributed by atoms with Crippen LogP contribution in [-0.2, 0) is 20.4 Å². The van der Waals surface area contributed by atoms with Crippen molar-refractivity contribution in [2.75, 3.05) is 0 Å². The van der Waals surface area contributed by atoms with Gasteiger partial charge >= 0.3 is 20.4 Å². The first-order valence-corrected chi connectivity index (χ1v) is 1.63. The molecule has 0 spiro atoms. The Hall–Kier alpha value is -0.118. The summed E-state index contributed by atoms with van der Waals surface area (Å²) in [5.41, 5.74) is 0. The summed E-state index contributed by atoms with van der Waals surface area (Å²) in [5.74, 6) is 0. The van der Waals surface area contributed by atoms with Gasteiger partial charge in [-0.15, -0.1) is 0 Å². The van der Waals surface area contributed by atoms with Crippen LogP contribution in [0.25, 0.3) is 0 Å². The second-order valence-electron chi connectivity index (χ2n) is 0.577. The van der Waals surface area contributed by atoms with Crippen LogP contribution >= 0.6 is 0 Å². The van der Waals surface area contributed by atoms with Gasteiger partial charge in [-0.1, -0.05) is 0 Å². The molecule has 0 N–H and O–H groups in total. The maximum atomic E-state index is 3.25. The zero-order valence-electron chi connectivity index (χ0n) is 4.30. The molecule has 0 fully saturated rings. The van der Waals surface area contributed by atoms with Crippen molar-refractivity contribution < 1.29 is 20.4 Å². The van der Waals surface area contributed by atoms with Crippen molar-refractivity contribution in [2.24, 2.45) is 0 Å². The third kappa shape index (κ3) is 6400. The van der Waals surface area contributed by atoms with Gasteiger partial charge in [-0.2, -0.15) is 0 Å². The maximum Gasteiger partial charge on any atom is 2.00 e. The minimum absolute atomic E-state index is 0. The molecule has 0 saturated heterocycles. The quantitative estimate of drug-likeness (QED) is 0.403. The molecule has 0 saturated carbocycles. The van der Waals surface area contributed by atoms with E-state index in [4.69, 9.17) is 0 Å². The molecule has 0 nitrogen and oxygen atoms in total. The van der Waals surface area contributed by atoms with Gasteiger partial charge in [0.1, 0.15) is 0 Å². The van der Waals surface area contributed by atoms with Gasteiger partial charge in [0, 0.05) is 0 Å². The Labute approximate surface area is 60.0 Å². The summed E-state index contributed by atoms with van der Waals surface area (Å²) in [5, 5.41) is 0. The van der Waals surface area contributed by atoms with Crippen molar-refractivity contribution in [3.63, 3.8) is 0 Å². The standard InChI is InChI=1S/2C3H5.Pd/c2*1-3-2;/h2*3H,1-2H2;/q2*-1;+2. The van der Waals surface area contributed by atoms with E-state index in [1.807, 2.05) is 0 Å². The van der Waals surface area contributed by atoms with Crippen LogP contribution in [0.1, 0.15) is 0 Å². The summed E-state index contributed by atoms with van der Waals surface area (Å²) in [6, 6.07) is 0. The second kappa shape index (κ2) is 39.6. The first kappa shape index (κ1) is 15.8. The molecule has 0 aliphatic carbocycles. The molecule has 0 bridgehead atoms. The average molecular weight is 189 g/mol. The van der Waals surface area contributed by atoms with E-state index in [2.05, 4.69) is 27.0 Å². The van der Waals surface area contributed by atoms with Gasteiger partial charge in [0.05, 0.1) is 0 Å². The van der Waals surface area contributed by atoms with E-state index >= 15 is 0 Å². The minimum atomic E-state index is 0. The van der Waals surface area contributed by atoms with E-state index < -0.39 is 0 Å². The fraction of sp³-hybridized carbons (Fsp3) is 0. The van der Waals surface area contributed by atoms with Crippen molar-refractivity contribution >= 4 is 0 Å². The van der Waals surface area contributed by atoms with Crippen molar-refractivity contribution in [3.05, 3.63) is 39.2 Å². The van der Waals surface area contributed by atoms with Crippen LogP contribution in [0.15, 0.2) is 25.3 Å². The molecule has 0 aromatic carbocycles. The van der Waals surface area contributed by atoms with Gasteiger partial charge in [0.2, 0.25) is 0 Å². The molecule has 0 rings (SSSR count). The van der Waals surface area contributed by atoms with Gasteiger partial charge in [-0.3, -0.25) is 0 Å². The number of rotatable bonds is 0. The summed E-state index contributed by atoms with van der Waals surface area (Å²) in [6.07, 6.45) is 3.00. The molecule has 7 heavy (non-hydrogen) atoms. The molecule has 44 valence electrons. The summed E-state index contributed by atoms with van der Waals surface area (Å²) >= 11 is 0. The van der Waals surface area contributed by atoms with Crippen LogP contribution in [-0.4, -0.2) is 0 Å². The monoisotopic (exact) mass is 188 g/mol. The number of hydrogen-bond acceptors (Lipinski definition) is 0. The fourth-order valence-electron chi connectivity index (χ4n) is 0. The molecular weight excluding hydrogens is 178 g/mol. The summed E-state index contributed by atoms with van der Waals surface area (Å²) in [6.45, 7) is 13.0. The minimum Gasteiger partial charge on any atom is -0.245 e. The van der Waals surface area contributed by atoms with Crippen molar-refractivity contribution in [2.45, 2.75) is 0 Å².